The van der Waals surface area contributed by atoms with Gasteiger partial charge in [-0.15, -0.1) is 0 Å². The number of aromatic nitrogens is 2. The number of hydrogen-bond donors (Lipinski definition) is 1. The summed E-state index contributed by atoms with van der Waals surface area (Å²) < 4.78 is 5.70. The van der Waals surface area contributed by atoms with E-state index in [4.69, 9.17) is 4.74 Å². The summed E-state index contributed by atoms with van der Waals surface area (Å²) in [4.78, 5) is 14.2. The zero-order chi connectivity index (χ0) is 15.5. The first-order chi connectivity index (χ1) is 10.6. The molecule has 0 bridgehead atoms. The van der Waals surface area contributed by atoms with Crippen LogP contribution < -0.4 is 4.74 Å². The molecule has 1 fully saturated rings. The van der Waals surface area contributed by atoms with Crippen molar-refractivity contribution in [2.45, 2.75) is 25.7 Å². The fraction of sp³-hybridized carbons (Fsp3) is 0.412. The standard InChI is InChI=1S/C17H21N3O2/c1-12-4-3-5-14(10-12)22-9-8-20(2)17(21)15-11-18-19-16(15)13-6-7-13/h3-5,10-11,13H,6-9H2,1-2H3,(H,18,19). The monoisotopic (exact) mass is 299 g/mol. The molecule has 1 aliphatic rings. The van der Waals surface area contributed by atoms with Crippen molar-refractivity contribution < 1.29 is 9.53 Å². The van der Waals surface area contributed by atoms with Crippen LogP contribution in [0.4, 0.5) is 0 Å². The van der Waals surface area contributed by atoms with Crippen LogP contribution >= 0.6 is 0 Å². The third kappa shape index (κ3) is 3.30. The topological polar surface area (TPSA) is 58.2 Å². The van der Waals surface area contributed by atoms with Crippen LogP contribution in [0, 0.1) is 6.92 Å². The lowest BCUT2D eigenvalue weighted by Crippen LogP contribution is -2.31. The fourth-order valence-electron chi connectivity index (χ4n) is 2.46. The molecule has 5 nitrogen and oxygen atoms in total. The van der Waals surface area contributed by atoms with Crippen LogP contribution in [0.3, 0.4) is 0 Å². The number of H-pyrrole nitrogens is 1. The van der Waals surface area contributed by atoms with E-state index in [0.717, 1.165) is 29.8 Å². The molecule has 22 heavy (non-hydrogen) atoms. The van der Waals surface area contributed by atoms with E-state index < -0.39 is 0 Å². The minimum absolute atomic E-state index is 0.00323. The van der Waals surface area contributed by atoms with Crippen LogP contribution in [0.5, 0.6) is 5.75 Å². The molecule has 1 amide bonds. The molecule has 1 aromatic heterocycles. The number of ether oxygens (including phenoxy) is 1. The lowest BCUT2D eigenvalue weighted by molar-refractivity contribution is 0.0772. The Bertz CT molecular complexity index is 661. The highest BCUT2D eigenvalue weighted by Crippen LogP contribution is 2.40. The summed E-state index contributed by atoms with van der Waals surface area (Å²) >= 11 is 0. The first-order valence-electron chi connectivity index (χ1n) is 7.63. The van der Waals surface area contributed by atoms with Crippen LogP contribution in [0.1, 0.15) is 40.4 Å². The largest absolute Gasteiger partial charge is 0.492 e. The van der Waals surface area contributed by atoms with Gasteiger partial charge in [0.1, 0.15) is 12.4 Å². The van der Waals surface area contributed by atoms with Gasteiger partial charge in [-0.2, -0.15) is 5.10 Å². The third-order valence-electron chi connectivity index (χ3n) is 3.92. The highest BCUT2D eigenvalue weighted by molar-refractivity contribution is 5.95. The Kier molecular flexibility index (Phi) is 4.13. The van der Waals surface area contributed by atoms with E-state index in [1.807, 2.05) is 31.2 Å². The number of benzene rings is 1. The van der Waals surface area contributed by atoms with Crippen molar-refractivity contribution >= 4 is 5.91 Å². The number of rotatable bonds is 6. The summed E-state index contributed by atoms with van der Waals surface area (Å²) in [6, 6.07) is 7.91. The summed E-state index contributed by atoms with van der Waals surface area (Å²) in [5.41, 5.74) is 2.84. The van der Waals surface area contributed by atoms with Crippen molar-refractivity contribution in [3.05, 3.63) is 47.3 Å². The van der Waals surface area contributed by atoms with Gasteiger partial charge in [0.15, 0.2) is 0 Å². The molecule has 1 heterocycles. The van der Waals surface area contributed by atoms with Crippen molar-refractivity contribution in [2.24, 2.45) is 0 Å². The highest BCUT2D eigenvalue weighted by atomic mass is 16.5. The maximum Gasteiger partial charge on any atom is 0.257 e. The van der Waals surface area contributed by atoms with E-state index in [0.29, 0.717) is 24.6 Å². The number of amides is 1. The molecular formula is C17H21N3O2. The molecule has 5 heteroatoms. The quantitative estimate of drug-likeness (QED) is 0.892. The highest BCUT2D eigenvalue weighted by Gasteiger charge is 2.30. The Labute approximate surface area is 130 Å². The third-order valence-corrected chi connectivity index (χ3v) is 3.92. The minimum atomic E-state index is 0.00323. The van der Waals surface area contributed by atoms with Crippen molar-refractivity contribution in [1.29, 1.82) is 0 Å². The van der Waals surface area contributed by atoms with Gasteiger partial charge in [-0.25, -0.2) is 0 Å². The molecule has 1 aliphatic carbocycles. The number of aromatic amines is 1. The maximum absolute atomic E-state index is 12.5. The van der Waals surface area contributed by atoms with Gasteiger partial charge in [0.05, 0.1) is 24.0 Å². The molecule has 116 valence electrons. The van der Waals surface area contributed by atoms with Gasteiger partial charge >= 0.3 is 0 Å². The summed E-state index contributed by atoms with van der Waals surface area (Å²) in [6.07, 6.45) is 3.92. The van der Waals surface area contributed by atoms with Crippen LogP contribution in [0.2, 0.25) is 0 Å². The molecule has 0 aliphatic heterocycles. The van der Waals surface area contributed by atoms with Crippen LogP contribution in [0.15, 0.2) is 30.5 Å². The number of nitrogens with one attached hydrogen (secondary N) is 1. The molecule has 0 spiro atoms. The van der Waals surface area contributed by atoms with Gasteiger partial charge in [0, 0.05) is 13.0 Å². The normalized spacial score (nSPS) is 13.9. The Hall–Kier alpha value is -2.30. The Morgan fingerprint density at radius 3 is 3.00 bits per heavy atom. The summed E-state index contributed by atoms with van der Waals surface area (Å²) in [5.74, 6) is 1.32. The second-order valence-electron chi connectivity index (χ2n) is 5.86. The predicted octanol–water partition coefficient (Wildman–Crippen LogP) is 2.75. The Balaban J connectivity index is 1.54. The maximum atomic E-state index is 12.5. The summed E-state index contributed by atoms with van der Waals surface area (Å²) in [5, 5.41) is 6.98. The molecule has 0 saturated heterocycles. The van der Waals surface area contributed by atoms with Gasteiger partial charge in [-0.1, -0.05) is 12.1 Å². The van der Waals surface area contributed by atoms with E-state index >= 15 is 0 Å². The van der Waals surface area contributed by atoms with Gasteiger partial charge in [-0.05, 0) is 37.5 Å². The average molecular weight is 299 g/mol. The first-order valence-corrected chi connectivity index (χ1v) is 7.63. The molecular weight excluding hydrogens is 278 g/mol. The van der Waals surface area contributed by atoms with Gasteiger partial charge in [0.25, 0.3) is 5.91 Å². The van der Waals surface area contributed by atoms with E-state index in [9.17, 15) is 4.79 Å². The lowest BCUT2D eigenvalue weighted by Gasteiger charge is -2.17. The first kappa shape index (κ1) is 14.6. The second-order valence-corrected chi connectivity index (χ2v) is 5.86. The van der Waals surface area contributed by atoms with Crippen molar-refractivity contribution in [3.8, 4) is 5.75 Å². The fourth-order valence-corrected chi connectivity index (χ4v) is 2.46. The van der Waals surface area contributed by atoms with E-state index in [1.54, 1.807) is 18.1 Å². The van der Waals surface area contributed by atoms with E-state index in [1.165, 1.54) is 0 Å². The molecule has 1 saturated carbocycles. The molecule has 0 atom stereocenters. The number of hydrogen-bond acceptors (Lipinski definition) is 3. The number of carbonyl (C=O) groups is 1. The van der Waals surface area contributed by atoms with E-state index in [2.05, 4.69) is 10.2 Å². The smallest absolute Gasteiger partial charge is 0.257 e. The predicted molar refractivity (Wildman–Crippen MR) is 84.2 cm³/mol. The Morgan fingerprint density at radius 1 is 1.45 bits per heavy atom. The minimum Gasteiger partial charge on any atom is -0.492 e. The number of carbonyl (C=O) groups excluding carboxylic acids is 1. The van der Waals surface area contributed by atoms with Gasteiger partial charge in [0.2, 0.25) is 0 Å². The average Bonchev–Trinajstić information content (AvgIpc) is 3.23. The van der Waals surface area contributed by atoms with Crippen LogP contribution in [0.25, 0.3) is 0 Å². The van der Waals surface area contributed by atoms with Crippen LogP contribution in [-0.4, -0.2) is 41.2 Å². The Morgan fingerprint density at radius 2 is 2.27 bits per heavy atom. The molecule has 0 unspecified atom stereocenters. The molecule has 3 rings (SSSR count). The van der Waals surface area contributed by atoms with Crippen molar-refractivity contribution in [1.82, 2.24) is 15.1 Å². The molecule has 1 aromatic carbocycles. The SMILES string of the molecule is Cc1cccc(OCCN(C)C(=O)c2cn[nH]c2C2CC2)c1. The zero-order valence-corrected chi connectivity index (χ0v) is 13.0. The molecule has 2 aromatic rings. The van der Waals surface area contributed by atoms with Crippen LogP contribution in [-0.2, 0) is 0 Å². The summed E-state index contributed by atoms with van der Waals surface area (Å²) in [6.45, 7) is 3.05. The second kappa shape index (κ2) is 6.22. The summed E-state index contributed by atoms with van der Waals surface area (Å²) in [7, 11) is 1.80. The lowest BCUT2D eigenvalue weighted by atomic mass is 10.1. The number of likely N-dealkylation sites (N-methyl/N-ethyl adjacent to an activating group) is 1. The zero-order valence-electron chi connectivity index (χ0n) is 13.0. The van der Waals surface area contributed by atoms with Gasteiger partial charge in [-0.3, -0.25) is 9.89 Å². The number of nitrogens with zero attached hydrogens (tertiary/aromatic N) is 2. The van der Waals surface area contributed by atoms with Crippen molar-refractivity contribution in [3.63, 3.8) is 0 Å². The molecule has 1 N–H and O–H groups in total. The number of aryl methyl sites for hydroxylation is 1. The van der Waals surface area contributed by atoms with Gasteiger partial charge < -0.3 is 9.64 Å². The van der Waals surface area contributed by atoms with Crippen molar-refractivity contribution in [2.75, 3.05) is 20.2 Å². The van der Waals surface area contributed by atoms with E-state index in [-0.39, 0.29) is 5.91 Å². The molecule has 0 radical (unpaired) electrons.